The van der Waals surface area contributed by atoms with Crippen LogP contribution in [0.25, 0.3) is 10.9 Å². The molecular formula is C12H15IN2O2. The van der Waals surface area contributed by atoms with Crippen molar-refractivity contribution in [3.63, 3.8) is 0 Å². The molecule has 5 heteroatoms. The summed E-state index contributed by atoms with van der Waals surface area (Å²) in [6.45, 7) is 4.10. The van der Waals surface area contributed by atoms with Crippen LogP contribution in [-0.2, 0) is 17.8 Å². The second-order valence-corrected chi connectivity index (χ2v) is 4.99. The highest BCUT2D eigenvalue weighted by Gasteiger charge is 2.11. The fourth-order valence-corrected chi connectivity index (χ4v) is 2.77. The Kier molecular flexibility index (Phi) is 3.88. The summed E-state index contributed by atoms with van der Waals surface area (Å²) >= 11 is 2.21. The van der Waals surface area contributed by atoms with E-state index in [1.54, 1.807) is 11.7 Å². The number of aryl methyl sites for hydroxylation is 1. The van der Waals surface area contributed by atoms with Crippen LogP contribution in [0.4, 0.5) is 0 Å². The van der Waals surface area contributed by atoms with Crippen LogP contribution in [-0.4, -0.2) is 22.9 Å². The van der Waals surface area contributed by atoms with Crippen LogP contribution in [0.1, 0.15) is 6.92 Å². The van der Waals surface area contributed by atoms with Gasteiger partial charge in [0.2, 0.25) is 0 Å². The van der Waals surface area contributed by atoms with Gasteiger partial charge < -0.3 is 13.9 Å². The molecule has 0 spiro atoms. The fourth-order valence-electron chi connectivity index (χ4n) is 1.92. The van der Waals surface area contributed by atoms with Crippen molar-refractivity contribution in [1.82, 2.24) is 9.13 Å². The number of methoxy groups -OCH3 is 1. The molecule has 4 nitrogen and oxygen atoms in total. The first-order chi connectivity index (χ1) is 8.19. The van der Waals surface area contributed by atoms with Gasteiger partial charge >= 0.3 is 0 Å². The van der Waals surface area contributed by atoms with Crippen LogP contribution in [0.3, 0.4) is 0 Å². The number of halogens is 1. The molecule has 0 radical (unpaired) electrons. The Labute approximate surface area is 113 Å². The van der Waals surface area contributed by atoms with Gasteiger partial charge in [0.25, 0.3) is 5.56 Å². The van der Waals surface area contributed by atoms with Gasteiger partial charge in [-0.2, -0.15) is 0 Å². The predicted octanol–water partition coefficient (Wildman–Crippen LogP) is 2.07. The minimum atomic E-state index is 0.0885. The van der Waals surface area contributed by atoms with Crippen molar-refractivity contribution in [3.05, 3.63) is 32.4 Å². The average molecular weight is 346 g/mol. The zero-order valence-electron chi connectivity index (χ0n) is 9.94. The van der Waals surface area contributed by atoms with Crippen molar-refractivity contribution in [1.29, 1.82) is 0 Å². The van der Waals surface area contributed by atoms with Crippen LogP contribution in [0.5, 0.6) is 0 Å². The predicted molar refractivity (Wildman–Crippen MR) is 76.5 cm³/mol. The lowest BCUT2D eigenvalue weighted by Crippen LogP contribution is -2.18. The Morgan fingerprint density at radius 2 is 2.18 bits per heavy atom. The minimum absolute atomic E-state index is 0.0885. The van der Waals surface area contributed by atoms with E-state index in [0.29, 0.717) is 13.2 Å². The van der Waals surface area contributed by atoms with E-state index < -0.39 is 0 Å². The van der Waals surface area contributed by atoms with Gasteiger partial charge in [-0.3, -0.25) is 4.79 Å². The molecule has 0 aliphatic heterocycles. The van der Waals surface area contributed by atoms with E-state index in [9.17, 15) is 4.79 Å². The molecule has 2 heterocycles. The standard InChI is InChI=1S/C12H15IN2O2/c1-3-14-5-4-10-11(12(14)16)9(13)8-15(10)6-7-17-2/h4-5,8H,3,6-7H2,1-2H3. The van der Waals surface area contributed by atoms with Crippen LogP contribution in [0.2, 0.25) is 0 Å². The van der Waals surface area contributed by atoms with Crippen molar-refractivity contribution < 1.29 is 4.74 Å². The van der Waals surface area contributed by atoms with Gasteiger partial charge in [-0.1, -0.05) is 0 Å². The van der Waals surface area contributed by atoms with Crippen LogP contribution in [0.15, 0.2) is 23.3 Å². The lowest BCUT2D eigenvalue weighted by Gasteiger charge is -2.05. The van der Waals surface area contributed by atoms with E-state index in [4.69, 9.17) is 4.74 Å². The summed E-state index contributed by atoms with van der Waals surface area (Å²) in [6, 6.07) is 2.00. The summed E-state index contributed by atoms with van der Waals surface area (Å²) in [5.41, 5.74) is 1.08. The van der Waals surface area contributed by atoms with Crippen LogP contribution in [0, 0.1) is 3.57 Å². The Balaban J connectivity index is 2.61. The second kappa shape index (κ2) is 5.22. The molecule has 92 valence electrons. The number of fused-ring (bicyclic) bond motifs is 1. The Morgan fingerprint density at radius 3 is 2.82 bits per heavy atom. The average Bonchev–Trinajstić information content (AvgIpc) is 2.65. The zero-order valence-corrected chi connectivity index (χ0v) is 12.1. The third-order valence-electron chi connectivity index (χ3n) is 2.84. The number of hydrogen-bond donors (Lipinski definition) is 0. The van der Waals surface area contributed by atoms with Gasteiger partial charge in [0.15, 0.2) is 0 Å². The maximum Gasteiger partial charge on any atom is 0.261 e. The van der Waals surface area contributed by atoms with Crippen molar-refractivity contribution in [2.45, 2.75) is 20.0 Å². The first-order valence-corrected chi connectivity index (χ1v) is 6.63. The lowest BCUT2D eigenvalue weighted by atomic mass is 10.3. The molecule has 0 atom stereocenters. The highest BCUT2D eigenvalue weighted by atomic mass is 127. The van der Waals surface area contributed by atoms with E-state index in [0.717, 1.165) is 21.0 Å². The molecule has 0 fully saturated rings. The number of hydrogen-bond acceptors (Lipinski definition) is 2. The number of ether oxygens (including phenoxy) is 1. The first-order valence-electron chi connectivity index (χ1n) is 5.55. The largest absolute Gasteiger partial charge is 0.383 e. The number of rotatable bonds is 4. The SMILES string of the molecule is CCn1ccc2c(c(I)cn2CCOC)c1=O. The van der Waals surface area contributed by atoms with Crippen molar-refractivity contribution in [2.75, 3.05) is 13.7 Å². The van der Waals surface area contributed by atoms with E-state index in [-0.39, 0.29) is 5.56 Å². The molecule has 0 bridgehead atoms. The highest BCUT2D eigenvalue weighted by molar-refractivity contribution is 14.1. The Morgan fingerprint density at radius 1 is 1.41 bits per heavy atom. The normalized spacial score (nSPS) is 11.2. The molecule has 0 saturated carbocycles. The molecule has 2 aromatic rings. The van der Waals surface area contributed by atoms with Crippen molar-refractivity contribution >= 4 is 33.5 Å². The summed E-state index contributed by atoms with van der Waals surface area (Å²) in [5, 5.41) is 0.811. The van der Waals surface area contributed by atoms with Gasteiger partial charge in [0, 0.05) is 36.2 Å². The molecule has 0 aliphatic carbocycles. The van der Waals surface area contributed by atoms with E-state index in [1.165, 1.54) is 0 Å². The smallest absolute Gasteiger partial charge is 0.261 e. The zero-order chi connectivity index (χ0) is 12.4. The fraction of sp³-hybridized carbons (Fsp3) is 0.417. The molecule has 0 unspecified atom stereocenters. The number of pyridine rings is 1. The second-order valence-electron chi connectivity index (χ2n) is 3.83. The monoisotopic (exact) mass is 346 g/mol. The third-order valence-corrected chi connectivity index (χ3v) is 3.66. The first kappa shape index (κ1) is 12.6. The quantitative estimate of drug-likeness (QED) is 0.795. The van der Waals surface area contributed by atoms with Gasteiger partial charge in [-0.15, -0.1) is 0 Å². The van der Waals surface area contributed by atoms with E-state index in [2.05, 4.69) is 27.2 Å². The number of nitrogens with zero attached hydrogens (tertiary/aromatic N) is 2. The summed E-state index contributed by atoms with van der Waals surface area (Å²) in [5.74, 6) is 0. The van der Waals surface area contributed by atoms with Crippen molar-refractivity contribution in [2.24, 2.45) is 0 Å². The van der Waals surface area contributed by atoms with E-state index in [1.807, 2.05) is 25.4 Å². The molecule has 0 N–H and O–H groups in total. The molecule has 0 aromatic carbocycles. The minimum Gasteiger partial charge on any atom is -0.383 e. The molecule has 0 amide bonds. The Bertz CT molecular complexity index is 586. The third kappa shape index (κ3) is 2.26. The molecule has 2 rings (SSSR count). The number of aromatic nitrogens is 2. The Hall–Kier alpha value is -0.820. The molecular weight excluding hydrogens is 331 g/mol. The van der Waals surface area contributed by atoms with Gasteiger partial charge in [-0.05, 0) is 35.6 Å². The van der Waals surface area contributed by atoms with Gasteiger partial charge in [0.05, 0.1) is 17.5 Å². The summed E-state index contributed by atoms with van der Waals surface area (Å²) in [4.78, 5) is 12.2. The van der Waals surface area contributed by atoms with Crippen LogP contribution < -0.4 is 5.56 Å². The van der Waals surface area contributed by atoms with E-state index >= 15 is 0 Å². The molecule has 0 saturated heterocycles. The topological polar surface area (TPSA) is 36.2 Å². The summed E-state index contributed by atoms with van der Waals surface area (Å²) in [6.07, 6.45) is 3.86. The van der Waals surface area contributed by atoms with Gasteiger partial charge in [-0.25, -0.2) is 0 Å². The summed E-state index contributed by atoms with van der Waals surface area (Å²) in [7, 11) is 1.68. The van der Waals surface area contributed by atoms with Gasteiger partial charge in [0.1, 0.15) is 0 Å². The molecule has 2 aromatic heterocycles. The summed E-state index contributed by atoms with van der Waals surface area (Å²) < 4.78 is 9.87. The molecule has 0 aliphatic rings. The maximum atomic E-state index is 12.2. The maximum absolute atomic E-state index is 12.2. The lowest BCUT2D eigenvalue weighted by molar-refractivity contribution is 0.188. The molecule has 17 heavy (non-hydrogen) atoms. The van der Waals surface area contributed by atoms with Crippen LogP contribution >= 0.6 is 22.6 Å². The highest BCUT2D eigenvalue weighted by Crippen LogP contribution is 2.19. The van der Waals surface area contributed by atoms with Crippen molar-refractivity contribution in [3.8, 4) is 0 Å².